The first-order chi connectivity index (χ1) is 18.9. The lowest BCUT2D eigenvalue weighted by molar-refractivity contribution is -0.139. The first-order valence-corrected chi connectivity index (χ1v) is 15.2. The fraction of sp³-hybridized carbons (Fsp3) is 0.375. The van der Waals surface area contributed by atoms with Crippen LogP contribution in [0.4, 0.5) is 5.69 Å². The number of carbonyl (C=O) groups is 2. The number of aryl methyl sites for hydroxylation is 3. The molecule has 1 N–H and O–H groups in total. The van der Waals surface area contributed by atoms with Gasteiger partial charge in [0.05, 0.1) is 10.6 Å². The van der Waals surface area contributed by atoms with Gasteiger partial charge in [0, 0.05) is 13.1 Å². The van der Waals surface area contributed by atoms with E-state index in [4.69, 9.17) is 0 Å². The number of unbranched alkanes of at least 4 members (excludes halogenated alkanes) is 1. The van der Waals surface area contributed by atoms with Crippen molar-refractivity contribution in [2.75, 3.05) is 17.4 Å². The maximum absolute atomic E-state index is 14.0. The highest BCUT2D eigenvalue weighted by Gasteiger charge is 2.33. The minimum Gasteiger partial charge on any atom is -0.354 e. The topological polar surface area (TPSA) is 86.8 Å². The normalized spacial score (nSPS) is 12.1. The highest BCUT2D eigenvalue weighted by Crippen LogP contribution is 2.29. The van der Waals surface area contributed by atoms with Crippen molar-refractivity contribution in [3.63, 3.8) is 0 Å². The van der Waals surface area contributed by atoms with Crippen molar-refractivity contribution in [1.82, 2.24) is 10.2 Å². The molecule has 1 atom stereocenters. The summed E-state index contributed by atoms with van der Waals surface area (Å²) < 4.78 is 29.2. The number of benzene rings is 3. The Labute approximate surface area is 239 Å². The lowest BCUT2D eigenvalue weighted by Gasteiger charge is -2.32. The molecular weight excluding hydrogens is 522 g/mol. The van der Waals surface area contributed by atoms with Gasteiger partial charge in [-0.1, -0.05) is 73.0 Å². The van der Waals surface area contributed by atoms with Crippen LogP contribution in [-0.2, 0) is 26.2 Å². The Balaban J connectivity index is 2.04. The van der Waals surface area contributed by atoms with Crippen molar-refractivity contribution < 1.29 is 18.0 Å². The van der Waals surface area contributed by atoms with E-state index < -0.39 is 28.5 Å². The van der Waals surface area contributed by atoms with Gasteiger partial charge in [-0.15, -0.1) is 0 Å². The molecule has 0 unspecified atom stereocenters. The molecule has 8 heteroatoms. The van der Waals surface area contributed by atoms with Gasteiger partial charge < -0.3 is 10.2 Å². The van der Waals surface area contributed by atoms with Gasteiger partial charge in [-0.25, -0.2) is 8.42 Å². The molecule has 0 heterocycles. The molecule has 0 fully saturated rings. The fourth-order valence-electron chi connectivity index (χ4n) is 4.37. The predicted molar refractivity (Wildman–Crippen MR) is 161 cm³/mol. The zero-order chi connectivity index (χ0) is 29.4. The van der Waals surface area contributed by atoms with Crippen LogP contribution in [-0.4, -0.2) is 44.3 Å². The molecule has 0 spiro atoms. The van der Waals surface area contributed by atoms with Crippen LogP contribution in [0.15, 0.2) is 71.6 Å². The van der Waals surface area contributed by atoms with Gasteiger partial charge in [0.25, 0.3) is 10.0 Å². The Morgan fingerprint density at radius 2 is 1.48 bits per heavy atom. The molecule has 40 heavy (non-hydrogen) atoms. The maximum atomic E-state index is 14.0. The molecule has 0 radical (unpaired) electrons. The van der Waals surface area contributed by atoms with E-state index in [1.165, 1.54) is 9.21 Å². The van der Waals surface area contributed by atoms with E-state index in [9.17, 15) is 18.0 Å². The van der Waals surface area contributed by atoms with Crippen molar-refractivity contribution in [3.8, 4) is 0 Å². The van der Waals surface area contributed by atoms with Crippen LogP contribution in [0.1, 0.15) is 54.5 Å². The summed E-state index contributed by atoms with van der Waals surface area (Å²) in [5.41, 5.74) is 4.98. The molecule has 0 aliphatic rings. The molecule has 0 aliphatic carbocycles. The fourth-order valence-corrected chi connectivity index (χ4v) is 5.84. The van der Waals surface area contributed by atoms with E-state index >= 15 is 0 Å². The number of anilines is 1. The summed E-state index contributed by atoms with van der Waals surface area (Å²) in [5, 5.41) is 2.91. The number of amides is 2. The van der Waals surface area contributed by atoms with Gasteiger partial charge in [-0.2, -0.15) is 0 Å². The molecule has 2 amide bonds. The second-order valence-electron chi connectivity index (χ2n) is 10.4. The third kappa shape index (κ3) is 7.50. The molecular formula is C32H41N3O4S. The molecule has 0 saturated carbocycles. The van der Waals surface area contributed by atoms with Crippen LogP contribution in [0.3, 0.4) is 0 Å². The Hall–Kier alpha value is -3.65. The van der Waals surface area contributed by atoms with Crippen molar-refractivity contribution in [1.29, 1.82) is 0 Å². The highest BCUT2D eigenvalue weighted by molar-refractivity contribution is 7.92. The zero-order valence-corrected chi connectivity index (χ0v) is 25.2. The van der Waals surface area contributed by atoms with Gasteiger partial charge >= 0.3 is 0 Å². The summed E-state index contributed by atoms with van der Waals surface area (Å²) in [7, 11) is -4.10. The zero-order valence-electron chi connectivity index (χ0n) is 24.4. The number of sulfonamides is 1. The molecule has 0 aliphatic heterocycles. The molecule has 3 aromatic rings. The second kappa shape index (κ2) is 13.6. The van der Waals surface area contributed by atoms with E-state index in [1.54, 1.807) is 43.3 Å². The third-order valence-electron chi connectivity index (χ3n) is 7.20. The van der Waals surface area contributed by atoms with Gasteiger partial charge in [-0.3, -0.25) is 13.9 Å². The summed E-state index contributed by atoms with van der Waals surface area (Å²) >= 11 is 0. The third-order valence-corrected chi connectivity index (χ3v) is 8.98. The summed E-state index contributed by atoms with van der Waals surface area (Å²) in [6, 6.07) is 18.9. The van der Waals surface area contributed by atoms with E-state index in [2.05, 4.69) is 5.32 Å². The van der Waals surface area contributed by atoms with E-state index in [0.717, 1.165) is 40.7 Å². The van der Waals surface area contributed by atoms with Crippen LogP contribution in [0, 0.1) is 27.7 Å². The van der Waals surface area contributed by atoms with Crippen molar-refractivity contribution in [2.24, 2.45) is 0 Å². The van der Waals surface area contributed by atoms with Crippen molar-refractivity contribution in [3.05, 3.63) is 94.5 Å². The monoisotopic (exact) mass is 563 g/mol. The van der Waals surface area contributed by atoms with E-state index in [1.807, 2.05) is 65.0 Å². The van der Waals surface area contributed by atoms with E-state index in [-0.39, 0.29) is 17.3 Å². The molecule has 7 nitrogen and oxygen atoms in total. The SMILES string of the molecule is CCCCNC(=O)[C@H](C)N(Cc1ccc(C)cc1)C(=O)CN(c1cccc(C)c1C)S(=O)(=O)c1ccc(C)cc1. The number of nitrogens with zero attached hydrogens (tertiary/aromatic N) is 2. The smallest absolute Gasteiger partial charge is 0.264 e. The first-order valence-electron chi connectivity index (χ1n) is 13.7. The van der Waals surface area contributed by atoms with Crippen molar-refractivity contribution in [2.45, 2.75) is 71.9 Å². The molecule has 3 rings (SSSR count). The maximum Gasteiger partial charge on any atom is 0.264 e. The van der Waals surface area contributed by atoms with E-state index in [0.29, 0.717) is 12.2 Å². The average molecular weight is 564 g/mol. The van der Waals surface area contributed by atoms with Crippen LogP contribution in [0.5, 0.6) is 0 Å². The number of hydrogen-bond donors (Lipinski definition) is 1. The summed E-state index contributed by atoms with van der Waals surface area (Å²) in [6.45, 7) is 11.6. The van der Waals surface area contributed by atoms with Gasteiger partial charge in [0.1, 0.15) is 12.6 Å². The Kier molecular flexibility index (Phi) is 10.5. The van der Waals surface area contributed by atoms with Crippen LogP contribution < -0.4 is 9.62 Å². The van der Waals surface area contributed by atoms with Gasteiger partial charge in [0.15, 0.2) is 0 Å². The molecule has 214 valence electrons. The number of rotatable bonds is 12. The lowest BCUT2D eigenvalue weighted by Crippen LogP contribution is -2.51. The molecule has 0 saturated heterocycles. The Morgan fingerprint density at radius 3 is 2.08 bits per heavy atom. The predicted octanol–water partition coefficient (Wildman–Crippen LogP) is 5.45. The van der Waals surface area contributed by atoms with Crippen LogP contribution >= 0.6 is 0 Å². The molecule has 0 aromatic heterocycles. The molecule has 3 aromatic carbocycles. The Bertz CT molecular complexity index is 1420. The first kappa shape index (κ1) is 30.9. The van der Waals surface area contributed by atoms with Crippen molar-refractivity contribution >= 4 is 27.5 Å². The molecule has 0 bridgehead atoms. The number of carbonyl (C=O) groups excluding carboxylic acids is 2. The standard InChI is InChI=1S/C32H41N3O4S/c1-7-8-20-33-32(37)27(6)34(21-28-16-12-23(2)13-17-28)31(36)22-35(30-11-9-10-25(4)26(30)5)40(38,39)29-18-14-24(3)15-19-29/h9-19,27H,7-8,20-22H2,1-6H3,(H,33,37)/t27-/m0/s1. The van der Waals surface area contributed by atoms with Gasteiger partial charge in [-0.05, 0) is 75.9 Å². The second-order valence-corrected chi connectivity index (χ2v) is 12.2. The Morgan fingerprint density at radius 1 is 0.875 bits per heavy atom. The highest BCUT2D eigenvalue weighted by atomic mass is 32.2. The summed E-state index contributed by atoms with van der Waals surface area (Å²) in [5.74, 6) is -0.733. The van der Waals surface area contributed by atoms with Crippen LogP contribution in [0.25, 0.3) is 0 Å². The number of hydrogen-bond acceptors (Lipinski definition) is 4. The number of nitrogens with one attached hydrogen (secondary N) is 1. The minimum atomic E-state index is -4.10. The summed E-state index contributed by atoms with van der Waals surface area (Å²) in [6.07, 6.45) is 1.77. The van der Waals surface area contributed by atoms with Gasteiger partial charge in [0.2, 0.25) is 11.8 Å². The largest absolute Gasteiger partial charge is 0.354 e. The average Bonchev–Trinajstić information content (AvgIpc) is 2.93. The van der Waals surface area contributed by atoms with Crippen LogP contribution in [0.2, 0.25) is 0 Å². The summed E-state index contributed by atoms with van der Waals surface area (Å²) in [4.78, 5) is 28.7. The minimum absolute atomic E-state index is 0.0993. The lowest BCUT2D eigenvalue weighted by atomic mass is 10.1. The quantitative estimate of drug-likeness (QED) is 0.297.